The van der Waals surface area contributed by atoms with Gasteiger partial charge in [0.25, 0.3) is 0 Å². The number of amides is 1. The number of benzene rings is 2. The minimum Gasteiger partial charge on any atom is -0.495 e. The highest BCUT2D eigenvalue weighted by Crippen LogP contribution is 2.41. The molecule has 1 aromatic heterocycles. The van der Waals surface area contributed by atoms with E-state index in [0.29, 0.717) is 11.4 Å². The summed E-state index contributed by atoms with van der Waals surface area (Å²) in [5.41, 5.74) is 3.97. The molecular formula is C24H27N3O2. The van der Waals surface area contributed by atoms with Crippen LogP contribution in [0.2, 0.25) is 0 Å². The Bertz CT molecular complexity index is 1010. The molecule has 0 aliphatic rings. The summed E-state index contributed by atoms with van der Waals surface area (Å²) in [6.45, 7) is 7.71. The van der Waals surface area contributed by atoms with E-state index in [9.17, 15) is 4.79 Å². The zero-order valence-electron chi connectivity index (χ0n) is 17.5. The first-order chi connectivity index (χ1) is 13.8. The molecule has 0 fully saturated rings. The Morgan fingerprint density at radius 1 is 0.931 bits per heavy atom. The van der Waals surface area contributed by atoms with Gasteiger partial charge in [0, 0.05) is 22.7 Å². The monoisotopic (exact) mass is 389 g/mol. The number of ether oxygens (including phenoxy) is 1. The maximum absolute atomic E-state index is 12.7. The Balaban J connectivity index is 2.14. The molecule has 0 saturated heterocycles. The number of pyridine rings is 1. The van der Waals surface area contributed by atoms with Crippen molar-refractivity contribution in [1.29, 1.82) is 0 Å². The number of para-hydroxylation sites is 2. The third-order valence-electron chi connectivity index (χ3n) is 4.65. The largest absolute Gasteiger partial charge is 0.495 e. The number of nitrogens with one attached hydrogen (secondary N) is 2. The smallest absolute Gasteiger partial charge is 0.229 e. The summed E-state index contributed by atoms with van der Waals surface area (Å²) in [7, 11) is 1.61. The van der Waals surface area contributed by atoms with E-state index in [1.807, 2.05) is 82.3 Å². The highest BCUT2D eigenvalue weighted by atomic mass is 16.5. The fourth-order valence-electron chi connectivity index (χ4n) is 2.98. The minimum atomic E-state index is -0.528. The van der Waals surface area contributed by atoms with Crippen LogP contribution in [-0.2, 0) is 4.79 Å². The van der Waals surface area contributed by atoms with Crippen molar-refractivity contribution in [2.75, 3.05) is 17.7 Å². The average Bonchev–Trinajstić information content (AvgIpc) is 2.70. The molecule has 150 valence electrons. The van der Waals surface area contributed by atoms with Gasteiger partial charge in [-0.1, -0.05) is 57.2 Å². The summed E-state index contributed by atoms with van der Waals surface area (Å²) in [6.07, 6.45) is 1.75. The second kappa shape index (κ2) is 8.35. The number of methoxy groups -OCH3 is 1. The first-order valence-corrected chi connectivity index (χ1v) is 9.58. The molecule has 0 atom stereocenters. The fourth-order valence-corrected chi connectivity index (χ4v) is 2.98. The second-order valence-corrected chi connectivity index (χ2v) is 7.92. The van der Waals surface area contributed by atoms with Crippen molar-refractivity contribution in [1.82, 2.24) is 4.98 Å². The van der Waals surface area contributed by atoms with Gasteiger partial charge in [0.2, 0.25) is 5.91 Å². The van der Waals surface area contributed by atoms with Crippen molar-refractivity contribution >= 4 is 23.1 Å². The van der Waals surface area contributed by atoms with Crippen LogP contribution in [0.3, 0.4) is 0 Å². The first-order valence-electron chi connectivity index (χ1n) is 9.58. The Labute approximate surface area is 172 Å². The summed E-state index contributed by atoms with van der Waals surface area (Å²) in [5, 5.41) is 6.49. The van der Waals surface area contributed by atoms with Crippen LogP contribution in [0.25, 0.3) is 11.1 Å². The highest BCUT2D eigenvalue weighted by Gasteiger charge is 2.24. The molecule has 29 heavy (non-hydrogen) atoms. The maximum Gasteiger partial charge on any atom is 0.229 e. The quantitative estimate of drug-likeness (QED) is 0.579. The van der Waals surface area contributed by atoms with Gasteiger partial charge in [0.15, 0.2) is 0 Å². The van der Waals surface area contributed by atoms with Gasteiger partial charge in [-0.05, 0) is 30.7 Å². The molecule has 2 N–H and O–H groups in total. The first kappa shape index (κ1) is 20.4. The van der Waals surface area contributed by atoms with Crippen molar-refractivity contribution in [3.8, 4) is 16.9 Å². The summed E-state index contributed by atoms with van der Waals surface area (Å²) >= 11 is 0. The van der Waals surface area contributed by atoms with Crippen LogP contribution in [0.15, 0.2) is 60.8 Å². The van der Waals surface area contributed by atoms with E-state index in [4.69, 9.17) is 4.74 Å². The number of hydrogen-bond acceptors (Lipinski definition) is 4. The lowest BCUT2D eigenvalue weighted by atomic mass is 9.94. The van der Waals surface area contributed by atoms with Crippen molar-refractivity contribution in [3.63, 3.8) is 0 Å². The molecule has 0 aliphatic heterocycles. The molecule has 0 aliphatic carbocycles. The predicted molar refractivity (Wildman–Crippen MR) is 119 cm³/mol. The summed E-state index contributed by atoms with van der Waals surface area (Å²) in [4.78, 5) is 17.1. The zero-order valence-corrected chi connectivity index (χ0v) is 17.5. The van der Waals surface area contributed by atoms with Gasteiger partial charge in [-0.15, -0.1) is 0 Å². The van der Waals surface area contributed by atoms with E-state index in [0.717, 1.165) is 28.2 Å². The zero-order chi connectivity index (χ0) is 21.0. The summed E-state index contributed by atoms with van der Waals surface area (Å²) in [6, 6.07) is 17.6. The highest BCUT2D eigenvalue weighted by molar-refractivity contribution is 6.02. The predicted octanol–water partition coefficient (Wildman–Crippen LogP) is 5.79. The van der Waals surface area contributed by atoms with E-state index in [1.165, 1.54) is 0 Å². The van der Waals surface area contributed by atoms with Crippen molar-refractivity contribution in [2.45, 2.75) is 27.7 Å². The van der Waals surface area contributed by atoms with Crippen LogP contribution in [0, 0.1) is 12.3 Å². The number of aromatic nitrogens is 1. The number of rotatable bonds is 5. The van der Waals surface area contributed by atoms with E-state index >= 15 is 0 Å². The molecule has 5 nitrogen and oxygen atoms in total. The lowest BCUT2D eigenvalue weighted by Gasteiger charge is -2.22. The SMILES string of the molecule is COc1cccc(-c2cccc(C)c2Nc2ccccn2)c1NC(=O)C(C)(C)C. The molecule has 0 radical (unpaired) electrons. The normalized spacial score (nSPS) is 11.1. The van der Waals surface area contributed by atoms with Gasteiger partial charge in [0.05, 0.1) is 18.5 Å². The van der Waals surface area contributed by atoms with Gasteiger partial charge in [0.1, 0.15) is 11.6 Å². The van der Waals surface area contributed by atoms with Crippen LogP contribution in [0.4, 0.5) is 17.2 Å². The van der Waals surface area contributed by atoms with Gasteiger partial charge in [-0.25, -0.2) is 4.98 Å². The number of nitrogens with zero attached hydrogens (tertiary/aromatic N) is 1. The standard InChI is InChI=1S/C24H27N3O2/c1-16-10-8-11-17(21(16)26-20-14-6-7-15-25-20)18-12-9-13-19(29-5)22(18)27-23(28)24(2,3)4/h6-15H,1-5H3,(H,25,26)(H,27,28). The molecule has 0 bridgehead atoms. The third kappa shape index (κ3) is 4.57. The maximum atomic E-state index is 12.7. The molecule has 3 aromatic rings. The molecule has 0 spiro atoms. The molecular weight excluding hydrogens is 362 g/mol. The van der Waals surface area contributed by atoms with E-state index < -0.39 is 5.41 Å². The van der Waals surface area contributed by atoms with Crippen LogP contribution < -0.4 is 15.4 Å². The summed E-state index contributed by atoms with van der Waals surface area (Å²) in [5.74, 6) is 1.30. The van der Waals surface area contributed by atoms with Gasteiger partial charge in [-0.2, -0.15) is 0 Å². The average molecular weight is 389 g/mol. The van der Waals surface area contributed by atoms with Crippen LogP contribution in [-0.4, -0.2) is 18.0 Å². The van der Waals surface area contributed by atoms with Gasteiger partial charge >= 0.3 is 0 Å². The lowest BCUT2D eigenvalue weighted by molar-refractivity contribution is -0.123. The molecule has 1 heterocycles. The van der Waals surface area contributed by atoms with E-state index in [1.54, 1.807) is 13.3 Å². The van der Waals surface area contributed by atoms with Crippen molar-refractivity contribution in [3.05, 3.63) is 66.4 Å². The van der Waals surface area contributed by atoms with E-state index in [-0.39, 0.29) is 5.91 Å². The fraction of sp³-hybridized carbons (Fsp3) is 0.250. The van der Waals surface area contributed by atoms with Gasteiger partial charge < -0.3 is 15.4 Å². The Morgan fingerprint density at radius 2 is 1.62 bits per heavy atom. The number of hydrogen-bond donors (Lipinski definition) is 2. The topological polar surface area (TPSA) is 63.2 Å². The van der Waals surface area contributed by atoms with Crippen LogP contribution in [0.5, 0.6) is 5.75 Å². The molecule has 0 unspecified atom stereocenters. The Kier molecular flexibility index (Phi) is 5.87. The van der Waals surface area contributed by atoms with Crippen molar-refractivity contribution in [2.24, 2.45) is 5.41 Å². The number of aryl methyl sites for hydroxylation is 1. The molecule has 2 aromatic carbocycles. The molecule has 1 amide bonds. The Morgan fingerprint density at radius 3 is 2.24 bits per heavy atom. The Hall–Kier alpha value is -3.34. The van der Waals surface area contributed by atoms with Crippen molar-refractivity contribution < 1.29 is 9.53 Å². The lowest BCUT2D eigenvalue weighted by Crippen LogP contribution is -2.28. The van der Waals surface area contributed by atoms with Gasteiger partial charge in [-0.3, -0.25) is 4.79 Å². The number of anilines is 3. The third-order valence-corrected chi connectivity index (χ3v) is 4.65. The molecule has 0 saturated carbocycles. The minimum absolute atomic E-state index is 0.0739. The number of carbonyl (C=O) groups is 1. The van der Waals surface area contributed by atoms with Crippen LogP contribution in [0.1, 0.15) is 26.3 Å². The molecule has 3 rings (SSSR count). The molecule has 5 heteroatoms. The van der Waals surface area contributed by atoms with Crippen LogP contribution >= 0.6 is 0 Å². The number of carbonyl (C=O) groups excluding carboxylic acids is 1. The second-order valence-electron chi connectivity index (χ2n) is 7.92. The summed E-state index contributed by atoms with van der Waals surface area (Å²) < 4.78 is 5.56. The van der Waals surface area contributed by atoms with E-state index in [2.05, 4.69) is 15.6 Å².